The van der Waals surface area contributed by atoms with Crippen LogP contribution in [0.5, 0.6) is 0 Å². The zero-order valence-electron chi connectivity index (χ0n) is 16.6. The Morgan fingerprint density at radius 3 is 1.75 bits per heavy atom. The summed E-state index contributed by atoms with van der Waals surface area (Å²) >= 11 is 0. The number of benzene rings is 4. The third-order valence-corrected chi connectivity index (χ3v) is 4.43. The molecule has 2 nitrogen and oxygen atoms in total. The lowest BCUT2D eigenvalue weighted by atomic mass is 10.0. The van der Waals surface area contributed by atoms with Crippen LogP contribution in [0.15, 0.2) is 97.1 Å². The van der Waals surface area contributed by atoms with Crippen LogP contribution in [0.3, 0.4) is 0 Å². The van der Waals surface area contributed by atoms with E-state index in [0.29, 0.717) is 11.1 Å². The van der Waals surface area contributed by atoms with Gasteiger partial charge in [0.2, 0.25) is 0 Å². The molecule has 0 amide bonds. The number of carbonyl (C=O) groups is 2. The van der Waals surface area contributed by atoms with Gasteiger partial charge in [0.25, 0.3) is 0 Å². The Bertz CT molecular complexity index is 1240. The fourth-order valence-electron chi connectivity index (χ4n) is 2.82. The first-order valence-corrected chi connectivity index (χ1v) is 9.46. The molecule has 160 valence electrons. The monoisotopic (exact) mass is 436 g/mol. The number of carbonyl (C=O) groups excluding carboxylic acids is 2. The van der Waals surface area contributed by atoms with Gasteiger partial charge in [-0.05, 0) is 48.5 Å². The highest BCUT2D eigenvalue weighted by Gasteiger charge is 2.16. The second-order valence-electron chi connectivity index (χ2n) is 6.64. The lowest BCUT2D eigenvalue weighted by Crippen LogP contribution is -2.05. The van der Waals surface area contributed by atoms with Crippen LogP contribution in [0.25, 0.3) is 0 Å². The highest BCUT2D eigenvalue weighted by molar-refractivity contribution is 6.09. The molecule has 0 heterocycles. The summed E-state index contributed by atoms with van der Waals surface area (Å²) in [5, 5.41) is 0. The summed E-state index contributed by atoms with van der Waals surface area (Å²) in [6, 6.07) is 22.4. The molecule has 4 aromatic carbocycles. The van der Waals surface area contributed by atoms with E-state index in [9.17, 15) is 27.2 Å². The van der Waals surface area contributed by atoms with Gasteiger partial charge in [-0.1, -0.05) is 48.5 Å². The maximum absolute atomic E-state index is 13.3. The molecule has 32 heavy (non-hydrogen) atoms. The van der Waals surface area contributed by atoms with Crippen molar-refractivity contribution in [2.75, 3.05) is 0 Å². The maximum Gasteiger partial charge on any atom is 0.196 e. The van der Waals surface area contributed by atoms with Crippen LogP contribution in [0.1, 0.15) is 31.8 Å². The first-order valence-electron chi connectivity index (χ1n) is 9.46. The van der Waals surface area contributed by atoms with Gasteiger partial charge in [0.05, 0.1) is 5.56 Å². The number of rotatable bonds is 4. The molecule has 0 bridgehead atoms. The van der Waals surface area contributed by atoms with Crippen LogP contribution in [-0.2, 0) is 0 Å². The van der Waals surface area contributed by atoms with Gasteiger partial charge in [0.1, 0.15) is 11.6 Å². The van der Waals surface area contributed by atoms with Crippen LogP contribution >= 0.6 is 0 Å². The molecule has 0 aliphatic heterocycles. The highest BCUT2D eigenvalue weighted by Crippen LogP contribution is 2.16. The van der Waals surface area contributed by atoms with Gasteiger partial charge in [-0.3, -0.25) is 9.59 Å². The van der Waals surface area contributed by atoms with E-state index in [1.54, 1.807) is 30.3 Å². The van der Waals surface area contributed by atoms with Crippen molar-refractivity contribution in [2.45, 2.75) is 0 Å². The summed E-state index contributed by atoms with van der Waals surface area (Å²) in [4.78, 5) is 23.6. The second kappa shape index (κ2) is 10.3. The van der Waals surface area contributed by atoms with E-state index < -0.39 is 29.1 Å². The molecule has 4 aromatic rings. The third-order valence-electron chi connectivity index (χ3n) is 4.43. The fraction of sp³-hybridized carbons (Fsp3) is 0. The SMILES string of the molecule is O=C(c1ccc(F)cc1)c1cccc(F)c1.O=C(c1ccccc1)c1cccc(F)c1F. The molecular formula is C26H16F4O2. The summed E-state index contributed by atoms with van der Waals surface area (Å²) < 4.78 is 51.8. The lowest BCUT2D eigenvalue weighted by molar-refractivity contribution is 0.102. The molecule has 6 heteroatoms. The Hall–Kier alpha value is -4.06. The van der Waals surface area contributed by atoms with Crippen molar-refractivity contribution in [2.24, 2.45) is 0 Å². The molecule has 0 fully saturated rings. The minimum Gasteiger partial charge on any atom is -0.289 e. The van der Waals surface area contributed by atoms with Crippen molar-refractivity contribution in [3.8, 4) is 0 Å². The Morgan fingerprint density at radius 2 is 1.09 bits per heavy atom. The Labute approximate surface area is 181 Å². The molecular weight excluding hydrogens is 420 g/mol. The van der Waals surface area contributed by atoms with Crippen LogP contribution in [0.4, 0.5) is 17.6 Å². The minimum absolute atomic E-state index is 0.244. The lowest BCUT2D eigenvalue weighted by Gasteiger charge is -2.02. The Balaban J connectivity index is 0.000000181. The van der Waals surface area contributed by atoms with E-state index in [1.807, 2.05) is 0 Å². The van der Waals surface area contributed by atoms with Gasteiger partial charge in [0.15, 0.2) is 23.2 Å². The second-order valence-corrected chi connectivity index (χ2v) is 6.64. The van der Waals surface area contributed by atoms with E-state index in [0.717, 1.165) is 12.1 Å². The van der Waals surface area contributed by atoms with Crippen molar-refractivity contribution < 1.29 is 27.2 Å². The van der Waals surface area contributed by atoms with Crippen LogP contribution in [0.2, 0.25) is 0 Å². The van der Waals surface area contributed by atoms with Crippen LogP contribution < -0.4 is 0 Å². The standard InChI is InChI=1S/2C13H8F2O/c14-11-6-4-9(5-7-11)13(16)10-2-1-3-12(15)8-10;14-11-8-4-7-10(12(11)15)13(16)9-5-2-1-3-6-9/h2*1-8H. The molecule has 0 aliphatic rings. The molecule has 0 atom stereocenters. The first kappa shape index (κ1) is 22.6. The van der Waals surface area contributed by atoms with E-state index in [4.69, 9.17) is 0 Å². The van der Waals surface area contributed by atoms with Crippen molar-refractivity contribution in [3.05, 3.63) is 143 Å². The van der Waals surface area contributed by atoms with Crippen LogP contribution in [-0.4, -0.2) is 11.6 Å². The average Bonchev–Trinajstić information content (AvgIpc) is 2.81. The molecule has 4 rings (SSSR count). The van der Waals surface area contributed by atoms with Gasteiger partial charge < -0.3 is 0 Å². The number of hydrogen-bond acceptors (Lipinski definition) is 2. The predicted molar refractivity (Wildman–Crippen MR) is 112 cm³/mol. The summed E-state index contributed by atoms with van der Waals surface area (Å²) in [6.45, 7) is 0. The molecule has 0 saturated carbocycles. The maximum atomic E-state index is 13.3. The minimum atomic E-state index is -1.10. The van der Waals surface area contributed by atoms with E-state index in [-0.39, 0.29) is 16.9 Å². The molecule has 0 aromatic heterocycles. The average molecular weight is 436 g/mol. The molecule has 0 spiro atoms. The molecule has 0 radical (unpaired) electrons. The zero-order valence-corrected chi connectivity index (χ0v) is 16.6. The van der Waals surface area contributed by atoms with Crippen LogP contribution in [0, 0.1) is 23.3 Å². The first-order chi connectivity index (χ1) is 15.4. The largest absolute Gasteiger partial charge is 0.289 e. The quantitative estimate of drug-likeness (QED) is 0.274. The molecule has 0 N–H and O–H groups in total. The van der Waals surface area contributed by atoms with Crippen molar-refractivity contribution in [3.63, 3.8) is 0 Å². The third kappa shape index (κ3) is 5.55. The number of hydrogen-bond donors (Lipinski definition) is 0. The normalized spacial score (nSPS) is 10.1. The van der Waals surface area contributed by atoms with Crippen molar-refractivity contribution >= 4 is 11.6 Å². The van der Waals surface area contributed by atoms with E-state index in [1.165, 1.54) is 54.6 Å². The topological polar surface area (TPSA) is 34.1 Å². The smallest absolute Gasteiger partial charge is 0.196 e. The van der Waals surface area contributed by atoms with E-state index >= 15 is 0 Å². The zero-order chi connectivity index (χ0) is 23.1. The van der Waals surface area contributed by atoms with Gasteiger partial charge in [0, 0.05) is 16.7 Å². The Morgan fingerprint density at radius 1 is 0.500 bits per heavy atom. The van der Waals surface area contributed by atoms with Gasteiger partial charge in [-0.15, -0.1) is 0 Å². The predicted octanol–water partition coefficient (Wildman–Crippen LogP) is 6.39. The summed E-state index contributed by atoms with van der Waals surface area (Å²) in [5.74, 6) is -3.82. The molecule has 0 saturated heterocycles. The molecule has 0 aliphatic carbocycles. The number of halogens is 4. The fourth-order valence-corrected chi connectivity index (χ4v) is 2.82. The summed E-state index contributed by atoms with van der Waals surface area (Å²) in [6.07, 6.45) is 0. The molecule has 0 unspecified atom stereocenters. The van der Waals surface area contributed by atoms with Crippen molar-refractivity contribution in [1.82, 2.24) is 0 Å². The summed E-state index contributed by atoms with van der Waals surface area (Å²) in [7, 11) is 0. The highest BCUT2D eigenvalue weighted by atomic mass is 19.2. The Kier molecular flexibility index (Phi) is 7.29. The van der Waals surface area contributed by atoms with Gasteiger partial charge in [-0.25, -0.2) is 17.6 Å². The summed E-state index contributed by atoms with van der Waals surface area (Å²) in [5.41, 5.74) is 0.691. The van der Waals surface area contributed by atoms with E-state index in [2.05, 4.69) is 0 Å². The van der Waals surface area contributed by atoms with Gasteiger partial charge >= 0.3 is 0 Å². The van der Waals surface area contributed by atoms with Gasteiger partial charge in [-0.2, -0.15) is 0 Å². The number of ketones is 2. The van der Waals surface area contributed by atoms with Crippen molar-refractivity contribution in [1.29, 1.82) is 0 Å².